The molecule has 1 heterocycles. The van der Waals surface area contributed by atoms with Gasteiger partial charge in [-0.3, -0.25) is 0 Å². The van der Waals surface area contributed by atoms with Crippen molar-refractivity contribution in [3.8, 4) is 0 Å². The Morgan fingerprint density at radius 2 is 2.17 bits per heavy atom. The van der Waals surface area contributed by atoms with Crippen molar-refractivity contribution in [2.75, 3.05) is 27.2 Å². The third-order valence-electron chi connectivity index (χ3n) is 3.36. The molecule has 12 heavy (non-hydrogen) atoms. The summed E-state index contributed by atoms with van der Waals surface area (Å²) in [5.74, 6) is 0. The maximum Gasteiger partial charge on any atom is 0.0167 e. The zero-order valence-electron chi connectivity index (χ0n) is 8.85. The maximum absolute atomic E-state index is 3.48. The molecule has 0 radical (unpaired) electrons. The van der Waals surface area contributed by atoms with Gasteiger partial charge in [-0.2, -0.15) is 0 Å². The van der Waals surface area contributed by atoms with Gasteiger partial charge in [0.25, 0.3) is 0 Å². The van der Waals surface area contributed by atoms with Gasteiger partial charge in [0.15, 0.2) is 0 Å². The molecule has 0 aromatic heterocycles. The van der Waals surface area contributed by atoms with Gasteiger partial charge in [0.1, 0.15) is 0 Å². The number of piperidine rings is 1. The minimum atomic E-state index is 0.474. The van der Waals surface area contributed by atoms with Crippen LogP contribution < -0.4 is 5.32 Å². The minimum Gasteiger partial charge on any atom is -0.316 e. The van der Waals surface area contributed by atoms with Crippen molar-refractivity contribution in [2.24, 2.45) is 5.41 Å². The molecule has 2 heteroatoms. The van der Waals surface area contributed by atoms with E-state index in [1.54, 1.807) is 0 Å². The zero-order valence-corrected chi connectivity index (χ0v) is 8.85. The SMILES string of the molecule is CCC1(C)CNCCC1N(C)C. The Kier molecular flexibility index (Phi) is 3.13. The Morgan fingerprint density at radius 3 is 2.58 bits per heavy atom. The molecule has 1 saturated heterocycles. The fraction of sp³-hybridized carbons (Fsp3) is 1.00. The summed E-state index contributed by atoms with van der Waals surface area (Å²) >= 11 is 0. The quantitative estimate of drug-likeness (QED) is 0.672. The molecule has 1 fully saturated rings. The summed E-state index contributed by atoms with van der Waals surface area (Å²) in [7, 11) is 4.40. The molecule has 0 amide bonds. The first-order valence-electron chi connectivity index (χ1n) is 4.97. The van der Waals surface area contributed by atoms with Crippen molar-refractivity contribution >= 4 is 0 Å². The van der Waals surface area contributed by atoms with Crippen LogP contribution in [0.25, 0.3) is 0 Å². The standard InChI is InChI=1S/C10H22N2/c1-5-10(2)8-11-7-6-9(10)12(3)4/h9,11H,5-8H2,1-4H3. The van der Waals surface area contributed by atoms with Gasteiger partial charge in [-0.25, -0.2) is 0 Å². The lowest BCUT2D eigenvalue weighted by Gasteiger charge is -2.44. The summed E-state index contributed by atoms with van der Waals surface area (Å²) in [4.78, 5) is 2.38. The molecule has 1 N–H and O–H groups in total. The predicted molar refractivity (Wildman–Crippen MR) is 53.4 cm³/mol. The van der Waals surface area contributed by atoms with Crippen LogP contribution in [0.1, 0.15) is 26.7 Å². The molecule has 2 unspecified atom stereocenters. The van der Waals surface area contributed by atoms with Gasteiger partial charge < -0.3 is 10.2 Å². The van der Waals surface area contributed by atoms with E-state index in [-0.39, 0.29) is 0 Å². The average molecular weight is 170 g/mol. The van der Waals surface area contributed by atoms with E-state index >= 15 is 0 Å². The van der Waals surface area contributed by atoms with Crippen LogP contribution >= 0.6 is 0 Å². The molecule has 2 atom stereocenters. The highest BCUT2D eigenvalue weighted by Gasteiger charge is 2.35. The molecule has 1 aliphatic heterocycles. The molecule has 72 valence electrons. The first-order chi connectivity index (χ1) is 5.60. The third kappa shape index (κ3) is 1.80. The van der Waals surface area contributed by atoms with Crippen LogP contribution in [0.4, 0.5) is 0 Å². The van der Waals surface area contributed by atoms with Crippen molar-refractivity contribution < 1.29 is 0 Å². The summed E-state index contributed by atoms with van der Waals surface area (Å²) in [6.45, 7) is 7.04. The van der Waals surface area contributed by atoms with Crippen LogP contribution in [0.3, 0.4) is 0 Å². The summed E-state index contributed by atoms with van der Waals surface area (Å²) in [6, 6.07) is 0.753. The lowest BCUT2D eigenvalue weighted by atomic mass is 9.75. The number of hydrogen-bond acceptors (Lipinski definition) is 2. The van der Waals surface area contributed by atoms with Gasteiger partial charge in [-0.05, 0) is 38.9 Å². The summed E-state index contributed by atoms with van der Waals surface area (Å²) in [5, 5.41) is 3.48. The Balaban J connectivity index is 2.66. The second-order valence-corrected chi connectivity index (χ2v) is 4.45. The largest absolute Gasteiger partial charge is 0.316 e. The minimum absolute atomic E-state index is 0.474. The van der Waals surface area contributed by atoms with Crippen LogP contribution in [-0.2, 0) is 0 Å². The molecule has 0 saturated carbocycles. The Labute approximate surface area is 76.3 Å². The van der Waals surface area contributed by atoms with Gasteiger partial charge in [0.2, 0.25) is 0 Å². The van der Waals surface area contributed by atoms with Crippen LogP contribution in [-0.4, -0.2) is 38.1 Å². The van der Waals surface area contributed by atoms with E-state index in [0.29, 0.717) is 5.41 Å². The Hall–Kier alpha value is -0.0800. The van der Waals surface area contributed by atoms with Gasteiger partial charge >= 0.3 is 0 Å². The molecule has 1 rings (SSSR count). The lowest BCUT2D eigenvalue weighted by Crippen LogP contribution is -2.53. The molecule has 0 bridgehead atoms. The Morgan fingerprint density at radius 1 is 1.50 bits per heavy atom. The van der Waals surface area contributed by atoms with Crippen LogP contribution in [0.5, 0.6) is 0 Å². The fourth-order valence-electron chi connectivity index (χ4n) is 2.32. The number of hydrogen-bond donors (Lipinski definition) is 1. The summed E-state index contributed by atoms with van der Waals surface area (Å²) in [5.41, 5.74) is 0.474. The number of rotatable bonds is 2. The average Bonchev–Trinajstić information content (AvgIpc) is 2.05. The summed E-state index contributed by atoms with van der Waals surface area (Å²) in [6.07, 6.45) is 2.56. The monoisotopic (exact) mass is 170 g/mol. The maximum atomic E-state index is 3.48. The van der Waals surface area contributed by atoms with Crippen LogP contribution in [0, 0.1) is 5.41 Å². The lowest BCUT2D eigenvalue weighted by molar-refractivity contribution is 0.0794. The molecule has 0 aromatic carbocycles. The normalized spacial score (nSPS) is 37.2. The fourth-order valence-corrected chi connectivity index (χ4v) is 2.32. The molecule has 2 nitrogen and oxygen atoms in total. The highest BCUT2D eigenvalue weighted by atomic mass is 15.1. The molecule has 0 spiro atoms. The molecule has 0 aliphatic carbocycles. The predicted octanol–water partition coefficient (Wildman–Crippen LogP) is 1.33. The van der Waals surface area contributed by atoms with Crippen molar-refractivity contribution in [1.29, 1.82) is 0 Å². The third-order valence-corrected chi connectivity index (χ3v) is 3.36. The van der Waals surface area contributed by atoms with E-state index in [4.69, 9.17) is 0 Å². The van der Waals surface area contributed by atoms with Gasteiger partial charge in [0, 0.05) is 12.6 Å². The van der Waals surface area contributed by atoms with Crippen molar-refractivity contribution in [3.05, 3.63) is 0 Å². The second kappa shape index (κ2) is 3.75. The number of nitrogens with one attached hydrogen (secondary N) is 1. The second-order valence-electron chi connectivity index (χ2n) is 4.45. The Bertz CT molecular complexity index is 145. The molecule has 1 aliphatic rings. The molecular formula is C10H22N2. The van der Waals surface area contributed by atoms with Crippen molar-refractivity contribution in [3.63, 3.8) is 0 Å². The van der Waals surface area contributed by atoms with E-state index in [9.17, 15) is 0 Å². The van der Waals surface area contributed by atoms with E-state index in [1.807, 2.05) is 0 Å². The molecular weight excluding hydrogens is 148 g/mol. The van der Waals surface area contributed by atoms with Crippen molar-refractivity contribution in [2.45, 2.75) is 32.7 Å². The molecule has 0 aromatic rings. The highest BCUT2D eigenvalue weighted by molar-refractivity contribution is 4.92. The van der Waals surface area contributed by atoms with E-state index < -0.39 is 0 Å². The van der Waals surface area contributed by atoms with Gasteiger partial charge in [-0.15, -0.1) is 0 Å². The number of nitrogens with zero attached hydrogens (tertiary/aromatic N) is 1. The van der Waals surface area contributed by atoms with E-state index in [2.05, 4.69) is 38.2 Å². The van der Waals surface area contributed by atoms with Crippen LogP contribution in [0.15, 0.2) is 0 Å². The van der Waals surface area contributed by atoms with Crippen LogP contribution in [0.2, 0.25) is 0 Å². The first kappa shape index (κ1) is 10.0. The highest BCUT2D eigenvalue weighted by Crippen LogP contribution is 2.32. The van der Waals surface area contributed by atoms with Gasteiger partial charge in [0.05, 0.1) is 0 Å². The van der Waals surface area contributed by atoms with E-state index in [1.165, 1.54) is 25.9 Å². The topological polar surface area (TPSA) is 15.3 Å². The van der Waals surface area contributed by atoms with E-state index in [0.717, 1.165) is 6.04 Å². The smallest absolute Gasteiger partial charge is 0.0167 e. The summed E-state index contributed by atoms with van der Waals surface area (Å²) < 4.78 is 0. The van der Waals surface area contributed by atoms with Gasteiger partial charge in [-0.1, -0.05) is 13.8 Å². The van der Waals surface area contributed by atoms with Crippen molar-refractivity contribution in [1.82, 2.24) is 10.2 Å². The zero-order chi connectivity index (χ0) is 9.19. The first-order valence-corrected chi connectivity index (χ1v) is 4.97.